The van der Waals surface area contributed by atoms with Crippen molar-refractivity contribution in [1.29, 1.82) is 0 Å². The zero-order valence-corrected chi connectivity index (χ0v) is 13.2. The van der Waals surface area contributed by atoms with Gasteiger partial charge in [0.1, 0.15) is 0 Å². The van der Waals surface area contributed by atoms with Crippen molar-refractivity contribution in [3.8, 4) is 5.75 Å². The van der Waals surface area contributed by atoms with Gasteiger partial charge in [0.2, 0.25) is 11.6 Å². The van der Waals surface area contributed by atoms with E-state index in [0.29, 0.717) is 5.56 Å². The first-order chi connectivity index (χ1) is 11.7. The lowest BCUT2D eigenvalue weighted by molar-refractivity contribution is -0.122. The van der Waals surface area contributed by atoms with Gasteiger partial charge < -0.3 is 10.1 Å². The molecule has 2 aromatic carbocycles. The monoisotopic (exact) mass is 355 g/mol. The minimum atomic E-state index is -1.74. The lowest BCUT2D eigenvalue weighted by Crippen LogP contribution is -2.31. The summed E-state index contributed by atoms with van der Waals surface area (Å²) >= 11 is 0. The normalized spacial score (nSPS) is 11.8. The van der Waals surface area contributed by atoms with Crippen LogP contribution in [0.2, 0.25) is 0 Å². The molecule has 1 amide bonds. The molecule has 0 aromatic heterocycles. The number of hydrogen-bond acceptors (Lipinski definition) is 3. The van der Waals surface area contributed by atoms with Crippen molar-refractivity contribution >= 4 is 17.4 Å². The number of Topliss-reactive ketones (excluding diaryl/α,β-unsaturated/α-hetero) is 1. The van der Waals surface area contributed by atoms with Crippen LogP contribution in [0.1, 0.15) is 24.2 Å². The molecule has 0 heterocycles. The maximum absolute atomic E-state index is 13.6. The van der Waals surface area contributed by atoms with Crippen molar-refractivity contribution < 1.29 is 31.9 Å². The Morgan fingerprint density at radius 3 is 2.20 bits per heavy atom. The van der Waals surface area contributed by atoms with Gasteiger partial charge in [0.15, 0.2) is 29.3 Å². The number of halogens is 4. The molecular formula is C17H13F4NO3. The maximum Gasteiger partial charge on any atom is 0.265 e. The lowest BCUT2D eigenvalue weighted by Gasteiger charge is -2.16. The fourth-order valence-corrected chi connectivity index (χ4v) is 1.94. The first kappa shape index (κ1) is 18.4. The standard InChI is InChI=1S/C17H13F4NO3/c1-8(23)10-4-3-5-11(6-10)22-17(24)9(2)25-16-14(20)12(18)7-13(19)15(16)21/h3-7,9H,1-2H3,(H,22,24). The summed E-state index contributed by atoms with van der Waals surface area (Å²) < 4.78 is 58.1. The number of benzene rings is 2. The highest BCUT2D eigenvalue weighted by atomic mass is 19.2. The fourth-order valence-electron chi connectivity index (χ4n) is 1.94. The van der Waals surface area contributed by atoms with Gasteiger partial charge >= 0.3 is 0 Å². The van der Waals surface area contributed by atoms with Crippen LogP contribution in [0, 0.1) is 23.3 Å². The molecule has 2 aromatic rings. The van der Waals surface area contributed by atoms with Crippen molar-refractivity contribution in [1.82, 2.24) is 0 Å². The van der Waals surface area contributed by atoms with Crippen molar-refractivity contribution in [3.63, 3.8) is 0 Å². The summed E-state index contributed by atoms with van der Waals surface area (Å²) in [5.41, 5.74) is 0.593. The van der Waals surface area contributed by atoms with Gasteiger partial charge in [0.05, 0.1) is 0 Å². The zero-order chi connectivity index (χ0) is 18.7. The summed E-state index contributed by atoms with van der Waals surface area (Å²) in [6.07, 6.45) is -1.47. The van der Waals surface area contributed by atoms with Gasteiger partial charge in [-0.1, -0.05) is 12.1 Å². The van der Waals surface area contributed by atoms with E-state index in [9.17, 15) is 27.2 Å². The van der Waals surface area contributed by atoms with Gasteiger partial charge in [-0.3, -0.25) is 9.59 Å². The summed E-state index contributed by atoms with van der Waals surface area (Å²) in [6.45, 7) is 2.49. The van der Waals surface area contributed by atoms with Crippen LogP contribution in [-0.2, 0) is 4.79 Å². The van der Waals surface area contributed by atoms with Gasteiger partial charge in [0, 0.05) is 17.3 Å². The third-order valence-electron chi connectivity index (χ3n) is 3.27. The summed E-state index contributed by atoms with van der Waals surface area (Å²) in [5.74, 6) is -9.14. The van der Waals surface area contributed by atoms with Crippen LogP contribution in [0.3, 0.4) is 0 Å². The molecule has 0 radical (unpaired) electrons. The molecule has 0 saturated heterocycles. The van der Waals surface area contributed by atoms with Gasteiger partial charge in [-0.25, -0.2) is 8.78 Å². The first-order valence-electron chi connectivity index (χ1n) is 7.12. The third-order valence-corrected chi connectivity index (χ3v) is 3.27. The summed E-state index contributed by atoms with van der Waals surface area (Å²) in [4.78, 5) is 23.3. The predicted molar refractivity (Wildman–Crippen MR) is 81.4 cm³/mol. The molecule has 0 saturated carbocycles. The molecular weight excluding hydrogens is 342 g/mol. The van der Waals surface area contributed by atoms with Gasteiger partial charge in [-0.05, 0) is 26.0 Å². The van der Waals surface area contributed by atoms with E-state index in [-0.39, 0.29) is 17.5 Å². The second-order valence-electron chi connectivity index (χ2n) is 5.18. The number of nitrogens with one attached hydrogen (secondary N) is 1. The molecule has 25 heavy (non-hydrogen) atoms. The minimum absolute atomic E-state index is 0.0372. The molecule has 4 nitrogen and oxygen atoms in total. The number of ketones is 1. The highest BCUT2D eigenvalue weighted by Gasteiger charge is 2.25. The molecule has 132 valence electrons. The number of rotatable bonds is 5. The van der Waals surface area contributed by atoms with E-state index < -0.39 is 41.0 Å². The molecule has 1 N–H and O–H groups in total. The zero-order valence-electron chi connectivity index (χ0n) is 13.2. The van der Waals surface area contributed by atoms with E-state index in [1.54, 1.807) is 0 Å². The largest absolute Gasteiger partial charge is 0.475 e. The number of anilines is 1. The van der Waals surface area contributed by atoms with Crippen LogP contribution < -0.4 is 10.1 Å². The minimum Gasteiger partial charge on any atom is -0.475 e. The lowest BCUT2D eigenvalue weighted by atomic mass is 10.1. The fraction of sp³-hybridized carbons (Fsp3) is 0.176. The maximum atomic E-state index is 13.6. The second-order valence-corrected chi connectivity index (χ2v) is 5.18. The molecule has 0 aliphatic heterocycles. The number of hydrogen-bond donors (Lipinski definition) is 1. The molecule has 0 spiro atoms. The molecule has 0 fully saturated rings. The number of carbonyl (C=O) groups is 2. The van der Waals surface area contributed by atoms with E-state index in [4.69, 9.17) is 4.74 Å². The van der Waals surface area contributed by atoms with E-state index in [1.807, 2.05) is 0 Å². The molecule has 2 rings (SSSR count). The SMILES string of the molecule is CC(=O)c1cccc(NC(=O)C(C)Oc2c(F)c(F)cc(F)c2F)c1. The van der Waals surface area contributed by atoms with E-state index in [2.05, 4.69) is 5.32 Å². The van der Waals surface area contributed by atoms with Crippen molar-refractivity contribution in [2.24, 2.45) is 0 Å². The molecule has 0 aliphatic rings. The Balaban J connectivity index is 2.17. The second kappa shape index (κ2) is 7.33. The Morgan fingerprint density at radius 1 is 1.04 bits per heavy atom. The topological polar surface area (TPSA) is 55.4 Å². The van der Waals surface area contributed by atoms with Crippen LogP contribution in [-0.4, -0.2) is 17.8 Å². The average Bonchev–Trinajstić information content (AvgIpc) is 2.56. The van der Waals surface area contributed by atoms with Crippen molar-refractivity contribution in [2.45, 2.75) is 20.0 Å². The predicted octanol–water partition coefficient (Wildman–Crippen LogP) is 3.85. The van der Waals surface area contributed by atoms with Crippen molar-refractivity contribution in [3.05, 3.63) is 59.2 Å². The Kier molecular flexibility index (Phi) is 5.41. The van der Waals surface area contributed by atoms with E-state index in [0.717, 1.165) is 6.92 Å². The van der Waals surface area contributed by atoms with Crippen LogP contribution in [0.5, 0.6) is 5.75 Å². The molecule has 8 heteroatoms. The molecule has 1 unspecified atom stereocenters. The average molecular weight is 355 g/mol. The van der Waals surface area contributed by atoms with Crippen LogP contribution in [0.25, 0.3) is 0 Å². The number of ether oxygens (including phenoxy) is 1. The number of carbonyl (C=O) groups excluding carboxylic acids is 2. The quantitative estimate of drug-likeness (QED) is 0.504. The first-order valence-corrected chi connectivity index (χ1v) is 7.12. The van der Waals surface area contributed by atoms with Gasteiger partial charge in [-0.2, -0.15) is 8.78 Å². The van der Waals surface area contributed by atoms with Crippen LogP contribution >= 0.6 is 0 Å². The molecule has 0 aliphatic carbocycles. The summed E-state index contributed by atoms with van der Waals surface area (Å²) in [6, 6.07) is 5.99. The van der Waals surface area contributed by atoms with Gasteiger partial charge in [0.25, 0.3) is 5.91 Å². The highest BCUT2D eigenvalue weighted by Crippen LogP contribution is 2.27. The van der Waals surface area contributed by atoms with Crippen LogP contribution in [0.4, 0.5) is 23.2 Å². The Bertz CT molecular complexity index is 813. The number of amides is 1. The van der Waals surface area contributed by atoms with Crippen LogP contribution in [0.15, 0.2) is 30.3 Å². The molecule has 0 bridgehead atoms. The van der Waals surface area contributed by atoms with E-state index >= 15 is 0 Å². The molecule has 1 atom stereocenters. The summed E-state index contributed by atoms with van der Waals surface area (Å²) in [7, 11) is 0. The smallest absolute Gasteiger partial charge is 0.265 e. The highest BCUT2D eigenvalue weighted by molar-refractivity contribution is 5.98. The van der Waals surface area contributed by atoms with Gasteiger partial charge in [-0.15, -0.1) is 0 Å². The third kappa shape index (κ3) is 4.14. The van der Waals surface area contributed by atoms with E-state index in [1.165, 1.54) is 31.2 Å². The van der Waals surface area contributed by atoms with Crippen molar-refractivity contribution in [2.75, 3.05) is 5.32 Å². The Labute approximate surface area is 140 Å². The Morgan fingerprint density at radius 2 is 1.64 bits per heavy atom. The summed E-state index contributed by atoms with van der Waals surface area (Å²) in [5, 5.41) is 2.38. The Hall–Kier alpha value is -2.90.